The molecule has 0 radical (unpaired) electrons. The van der Waals surface area contributed by atoms with Crippen LogP contribution in [0, 0.1) is 11.8 Å². The molecule has 1 aromatic rings. The van der Waals surface area contributed by atoms with Crippen LogP contribution in [-0.2, 0) is 16.1 Å². The van der Waals surface area contributed by atoms with Crippen LogP contribution >= 0.6 is 0 Å². The van der Waals surface area contributed by atoms with Gasteiger partial charge in [-0.15, -0.1) is 0 Å². The van der Waals surface area contributed by atoms with Crippen molar-refractivity contribution in [2.75, 3.05) is 13.1 Å². The second kappa shape index (κ2) is 5.31. The summed E-state index contributed by atoms with van der Waals surface area (Å²) in [4.78, 5) is 13.7. The number of hydrogen-bond acceptors (Lipinski definition) is 4. The minimum Gasteiger partial charge on any atom is -0.458 e. The summed E-state index contributed by atoms with van der Waals surface area (Å²) in [6, 6.07) is 9.51. The highest BCUT2D eigenvalue weighted by Gasteiger charge is 2.43. The summed E-state index contributed by atoms with van der Waals surface area (Å²) in [5.74, 6) is 0.983. The number of hydrogen-bond donors (Lipinski definition) is 1. The van der Waals surface area contributed by atoms with Crippen LogP contribution in [0.4, 0.5) is 0 Å². The highest BCUT2D eigenvalue weighted by atomic mass is 16.5. The van der Waals surface area contributed by atoms with Crippen LogP contribution in [0.3, 0.4) is 0 Å². The maximum Gasteiger partial charge on any atom is 0.350 e. The van der Waals surface area contributed by atoms with E-state index in [1.165, 1.54) is 6.42 Å². The largest absolute Gasteiger partial charge is 0.458 e. The van der Waals surface area contributed by atoms with Gasteiger partial charge in [0, 0.05) is 13.1 Å². The van der Waals surface area contributed by atoms with Gasteiger partial charge in [-0.1, -0.05) is 30.3 Å². The van der Waals surface area contributed by atoms with Gasteiger partial charge in [0.25, 0.3) is 0 Å². The van der Waals surface area contributed by atoms with E-state index in [0.717, 1.165) is 31.0 Å². The SMILES string of the molecule is O=C(OCc1ccccc1)C(O)N1CCC2CC2C1. The number of aliphatic hydroxyl groups excluding tert-OH is 1. The molecular formula is C15H19NO3. The van der Waals surface area contributed by atoms with Gasteiger partial charge in [0.15, 0.2) is 0 Å². The Balaban J connectivity index is 1.49. The van der Waals surface area contributed by atoms with Gasteiger partial charge in [-0.05, 0) is 30.2 Å². The fraction of sp³-hybridized carbons (Fsp3) is 0.533. The molecule has 1 saturated carbocycles. The van der Waals surface area contributed by atoms with Gasteiger partial charge in [0.1, 0.15) is 6.61 Å². The van der Waals surface area contributed by atoms with E-state index in [4.69, 9.17) is 4.74 Å². The molecule has 3 unspecified atom stereocenters. The number of carbonyl (C=O) groups excluding carboxylic acids is 1. The molecule has 2 fully saturated rings. The summed E-state index contributed by atoms with van der Waals surface area (Å²) in [7, 11) is 0. The molecule has 4 heteroatoms. The van der Waals surface area contributed by atoms with Gasteiger partial charge >= 0.3 is 5.97 Å². The summed E-state index contributed by atoms with van der Waals surface area (Å²) in [5.41, 5.74) is 0.934. The molecule has 1 N–H and O–H groups in total. The molecule has 3 atom stereocenters. The molecule has 3 rings (SSSR count). The number of aliphatic hydroxyl groups is 1. The third kappa shape index (κ3) is 2.96. The van der Waals surface area contributed by atoms with Crippen molar-refractivity contribution in [3.8, 4) is 0 Å². The van der Waals surface area contributed by atoms with E-state index in [1.54, 1.807) is 0 Å². The molecule has 4 nitrogen and oxygen atoms in total. The lowest BCUT2D eigenvalue weighted by Gasteiger charge is -2.29. The van der Waals surface area contributed by atoms with Crippen LogP contribution in [0.5, 0.6) is 0 Å². The molecular weight excluding hydrogens is 242 g/mol. The molecule has 1 aliphatic carbocycles. The predicted molar refractivity (Wildman–Crippen MR) is 70.0 cm³/mol. The third-order valence-corrected chi connectivity index (χ3v) is 4.11. The summed E-state index contributed by atoms with van der Waals surface area (Å²) in [6.45, 7) is 1.84. The standard InChI is InChI=1S/C15H19NO3/c17-14(16-7-6-12-8-13(12)9-16)15(18)19-10-11-4-2-1-3-5-11/h1-5,12-14,17H,6-10H2. The zero-order chi connectivity index (χ0) is 13.2. The molecule has 0 amide bonds. The molecule has 0 spiro atoms. The van der Waals surface area contributed by atoms with Crippen LogP contribution in [-0.4, -0.2) is 35.3 Å². The van der Waals surface area contributed by atoms with Crippen molar-refractivity contribution in [2.24, 2.45) is 11.8 Å². The molecule has 1 aliphatic heterocycles. The zero-order valence-corrected chi connectivity index (χ0v) is 10.9. The van der Waals surface area contributed by atoms with Crippen molar-refractivity contribution in [1.29, 1.82) is 0 Å². The smallest absolute Gasteiger partial charge is 0.350 e. The lowest BCUT2D eigenvalue weighted by molar-refractivity contribution is -0.167. The molecule has 1 aromatic carbocycles. The maximum absolute atomic E-state index is 11.8. The van der Waals surface area contributed by atoms with E-state index < -0.39 is 12.2 Å². The second-order valence-corrected chi connectivity index (χ2v) is 5.51. The van der Waals surface area contributed by atoms with Gasteiger partial charge in [0.2, 0.25) is 6.23 Å². The number of benzene rings is 1. The van der Waals surface area contributed by atoms with Gasteiger partial charge < -0.3 is 9.84 Å². The normalized spacial score (nSPS) is 27.4. The van der Waals surface area contributed by atoms with E-state index >= 15 is 0 Å². The van der Waals surface area contributed by atoms with E-state index in [9.17, 15) is 9.90 Å². The van der Waals surface area contributed by atoms with Crippen molar-refractivity contribution in [3.63, 3.8) is 0 Å². The number of fused-ring (bicyclic) bond motifs is 1. The fourth-order valence-corrected chi connectivity index (χ4v) is 2.79. The first-order valence-corrected chi connectivity index (χ1v) is 6.87. The highest BCUT2D eigenvalue weighted by molar-refractivity contribution is 5.73. The van der Waals surface area contributed by atoms with E-state index in [0.29, 0.717) is 5.92 Å². The molecule has 0 aromatic heterocycles. The van der Waals surface area contributed by atoms with Crippen molar-refractivity contribution < 1.29 is 14.6 Å². The maximum atomic E-state index is 11.8. The van der Waals surface area contributed by atoms with Crippen molar-refractivity contribution in [2.45, 2.75) is 25.7 Å². The summed E-state index contributed by atoms with van der Waals surface area (Å²) < 4.78 is 5.16. The van der Waals surface area contributed by atoms with Gasteiger partial charge in [-0.25, -0.2) is 4.79 Å². The Morgan fingerprint density at radius 2 is 2.16 bits per heavy atom. The second-order valence-electron chi connectivity index (χ2n) is 5.51. The number of esters is 1. The Labute approximate surface area is 113 Å². The number of piperidine rings is 1. The van der Waals surface area contributed by atoms with Crippen molar-refractivity contribution in [3.05, 3.63) is 35.9 Å². The van der Waals surface area contributed by atoms with Crippen LogP contribution in [0.15, 0.2) is 30.3 Å². The average Bonchev–Trinajstić information content (AvgIpc) is 3.23. The number of carbonyl (C=O) groups is 1. The van der Waals surface area contributed by atoms with E-state index in [1.807, 2.05) is 35.2 Å². The molecule has 2 aliphatic rings. The van der Waals surface area contributed by atoms with Crippen LogP contribution in [0.2, 0.25) is 0 Å². The number of likely N-dealkylation sites (tertiary alicyclic amines) is 1. The van der Waals surface area contributed by atoms with Crippen LogP contribution in [0.1, 0.15) is 18.4 Å². The van der Waals surface area contributed by atoms with Crippen molar-refractivity contribution >= 4 is 5.97 Å². The predicted octanol–water partition coefficient (Wildman–Crippen LogP) is 1.39. The van der Waals surface area contributed by atoms with E-state index in [-0.39, 0.29) is 6.61 Å². The minimum atomic E-state index is -1.11. The number of ether oxygens (including phenoxy) is 1. The Bertz CT molecular complexity index is 448. The monoisotopic (exact) mass is 261 g/mol. The zero-order valence-electron chi connectivity index (χ0n) is 10.9. The van der Waals surface area contributed by atoms with Gasteiger partial charge in [-0.3, -0.25) is 4.90 Å². The lowest BCUT2D eigenvalue weighted by Crippen LogP contribution is -2.45. The minimum absolute atomic E-state index is 0.219. The first-order valence-electron chi connectivity index (χ1n) is 6.87. The number of rotatable bonds is 4. The molecule has 102 valence electrons. The Kier molecular flexibility index (Phi) is 3.53. The molecule has 0 bridgehead atoms. The first kappa shape index (κ1) is 12.6. The van der Waals surface area contributed by atoms with Crippen molar-refractivity contribution in [1.82, 2.24) is 4.90 Å². The topological polar surface area (TPSA) is 49.8 Å². The fourth-order valence-electron chi connectivity index (χ4n) is 2.79. The highest BCUT2D eigenvalue weighted by Crippen LogP contribution is 2.45. The Morgan fingerprint density at radius 1 is 1.37 bits per heavy atom. The molecule has 1 heterocycles. The van der Waals surface area contributed by atoms with Crippen LogP contribution < -0.4 is 0 Å². The molecule has 1 saturated heterocycles. The first-order chi connectivity index (χ1) is 9.24. The Hall–Kier alpha value is -1.39. The summed E-state index contributed by atoms with van der Waals surface area (Å²) >= 11 is 0. The van der Waals surface area contributed by atoms with E-state index in [2.05, 4.69) is 0 Å². The lowest BCUT2D eigenvalue weighted by atomic mass is 10.1. The number of nitrogens with zero attached hydrogens (tertiary/aromatic N) is 1. The summed E-state index contributed by atoms with van der Waals surface area (Å²) in [5, 5.41) is 10.0. The van der Waals surface area contributed by atoms with Crippen LogP contribution in [0.25, 0.3) is 0 Å². The quantitative estimate of drug-likeness (QED) is 0.832. The Morgan fingerprint density at radius 3 is 2.89 bits per heavy atom. The van der Waals surface area contributed by atoms with Gasteiger partial charge in [-0.2, -0.15) is 0 Å². The summed E-state index contributed by atoms with van der Waals surface area (Å²) in [6.07, 6.45) is 1.24. The average molecular weight is 261 g/mol. The third-order valence-electron chi connectivity index (χ3n) is 4.11. The molecule has 19 heavy (non-hydrogen) atoms. The van der Waals surface area contributed by atoms with Gasteiger partial charge in [0.05, 0.1) is 0 Å².